The lowest BCUT2D eigenvalue weighted by Crippen LogP contribution is -2.00. The molecule has 0 saturated heterocycles. The zero-order valence-electron chi connectivity index (χ0n) is 25.2. The highest BCUT2D eigenvalue weighted by molar-refractivity contribution is 7.26. The van der Waals surface area contributed by atoms with E-state index in [4.69, 9.17) is 15.0 Å². The fraction of sp³-hybridized carbons (Fsp3) is 0. The first kappa shape index (κ1) is 26.3. The quantitative estimate of drug-likeness (QED) is 0.186. The Morgan fingerprint density at radius 1 is 0.340 bits per heavy atom. The number of hydrogen-bond acceptors (Lipinski definition) is 4. The summed E-state index contributed by atoms with van der Waals surface area (Å²) in [6.45, 7) is 0. The van der Waals surface area contributed by atoms with E-state index in [1.807, 2.05) is 11.3 Å². The van der Waals surface area contributed by atoms with Crippen LogP contribution in [0.1, 0.15) is 0 Å². The van der Waals surface area contributed by atoms with Gasteiger partial charge in [-0.3, -0.25) is 0 Å². The molecule has 0 amide bonds. The van der Waals surface area contributed by atoms with Crippen molar-refractivity contribution in [1.82, 2.24) is 15.0 Å². The van der Waals surface area contributed by atoms with E-state index in [0.717, 1.165) is 32.8 Å². The van der Waals surface area contributed by atoms with Gasteiger partial charge in [0.1, 0.15) is 0 Å². The number of rotatable bonds is 3. The van der Waals surface area contributed by atoms with Crippen molar-refractivity contribution >= 4 is 74.6 Å². The molecule has 8 aromatic carbocycles. The van der Waals surface area contributed by atoms with Gasteiger partial charge in [-0.05, 0) is 67.4 Å². The minimum absolute atomic E-state index is 0.660. The van der Waals surface area contributed by atoms with Gasteiger partial charge in [-0.15, -0.1) is 11.3 Å². The average Bonchev–Trinajstić information content (AvgIpc) is 3.53. The van der Waals surface area contributed by atoms with Crippen molar-refractivity contribution in [3.05, 3.63) is 152 Å². The standard InChI is InChI=1S/C43H25N3S/c1-3-10-29-24-31(18-16-26(29)8-1)41-44-42(32-19-17-27-9-2-4-11-30(27)25-32)46-43(45-41)35-14-7-13-34-33(35)22-20-28-21-23-38-40(39(28)34)36-12-5-6-15-37(36)47-38/h1-25H. The monoisotopic (exact) mass is 615 g/mol. The Bertz CT molecular complexity index is 2770. The predicted octanol–water partition coefficient (Wildman–Crippen LogP) is 11.9. The SMILES string of the molecule is c1ccc2cc(-c3nc(-c4ccc5ccccc5c4)nc(-c4cccc5c4ccc4ccc6sc7ccccc7c6c45)n3)ccc2c1. The van der Waals surface area contributed by atoms with Gasteiger partial charge in [-0.1, -0.05) is 127 Å². The van der Waals surface area contributed by atoms with E-state index in [1.54, 1.807) is 0 Å². The average molecular weight is 616 g/mol. The van der Waals surface area contributed by atoms with Crippen molar-refractivity contribution < 1.29 is 0 Å². The number of fused-ring (bicyclic) bond motifs is 9. The van der Waals surface area contributed by atoms with Crippen molar-refractivity contribution in [2.24, 2.45) is 0 Å². The number of hydrogen-bond donors (Lipinski definition) is 0. The van der Waals surface area contributed by atoms with E-state index in [2.05, 4.69) is 152 Å². The Labute approximate surface area is 274 Å². The topological polar surface area (TPSA) is 38.7 Å². The van der Waals surface area contributed by atoms with Gasteiger partial charge in [0, 0.05) is 36.9 Å². The lowest BCUT2D eigenvalue weighted by atomic mass is 9.95. The summed E-state index contributed by atoms with van der Waals surface area (Å²) in [4.78, 5) is 15.5. The zero-order valence-corrected chi connectivity index (χ0v) is 26.0. The summed E-state index contributed by atoms with van der Waals surface area (Å²) < 4.78 is 2.61. The van der Waals surface area contributed by atoms with Crippen molar-refractivity contribution in [2.75, 3.05) is 0 Å². The van der Waals surface area contributed by atoms with E-state index in [9.17, 15) is 0 Å². The van der Waals surface area contributed by atoms with Gasteiger partial charge in [0.25, 0.3) is 0 Å². The molecule has 0 spiro atoms. The molecule has 2 aromatic heterocycles. The zero-order chi connectivity index (χ0) is 30.9. The molecule has 10 rings (SSSR count). The minimum Gasteiger partial charge on any atom is -0.208 e. The summed E-state index contributed by atoms with van der Waals surface area (Å²) in [6, 6.07) is 53.9. The van der Waals surface area contributed by atoms with Crippen LogP contribution in [-0.2, 0) is 0 Å². The summed E-state index contributed by atoms with van der Waals surface area (Å²) in [5, 5.41) is 12.1. The second kappa shape index (κ2) is 10.3. The molecule has 3 nitrogen and oxygen atoms in total. The van der Waals surface area contributed by atoms with Crippen LogP contribution in [0.15, 0.2) is 152 Å². The first-order valence-electron chi connectivity index (χ1n) is 15.8. The maximum Gasteiger partial charge on any atom is 0.164 e. The summed E-state index contributed by atoms with van der Waals surface area (Å²) in [6.07, 6.45) is 0. The molecule has 0 unspecified atom stereocenters. The summed E-state index contributed by atoms with van der Waals surface area (Å²) in [7, 11) is 0. The third kappa shape index (κ3) is 4.23. The number of thiophene rings is 1. The van der Waals surface area contributed by atoms with Gasteiger partial charge in [0.2, 0.25) is 0 Å². The molecule has 2 heterocycles. The Morgan fingerprint density at radius 3 is 1.64 bits per heavy atom. The highest BCUT2D eigenvalue weighted by atomic mass is 32.1. The van der Waals surface area contributed by atoms with E-state index in [1.165, 1.54) is 47.1 Å². The van der Waals surface area contributed by atoms with Crippen LogP contribution in [0.5, 0.6) is 0 Å². The van der Waals surface area contributed by atoms with Crippen molar-refractivity contribution in [3.63, 3.8) is 0 Å². The third-order valence-electron chi connectivity index (χ3n) is 9.27. The molecule has 0 aliphatic heterocycles. The second-order valence-electron chi connectivity index (χ2n) is 12.0. The maximum absolute atomic E-state index is 5.18. The van der Waals surface area contributed by atoms with Gasteiger partial charge in [-0.25, -0.2) is 15.0 Å². The summed E-state index contributed by atoms with van der Waals surface area (Å²) in [5.74, 6) is 1.99. The minimum atomic E-state index is 0.660. The van der Waals surface area contributed by atoms with E-state index in [0.29, 0.717) is 17.5 Å². The van der Waals surface area contributed by atoms with E-state index in [-0.39, 0.29) is 0 Å². The number of benzene rings is 8. The fourth-order valence-electron chi connectivity index (χ4n) is 7.00. The summed E-state index contributed by atoms with van der Waals surface area (Å²) >= 11 is 1.85. The molecule has 0 saturated carbocycles. The van der Waals surface area contributed by atoms with Crippen LogP contribution < -0.4 is 0 Å². The Balaban J connectivity index is 1.25. The molecule has 218 valence electrons. The lowest BCUT2D eigenvalue weighted by Gasteiger charge is -2.13. The Hall–Kier alpha value is -5.97. The van der Waals surface area contributed by atoms with Crippen LogP contribution in [0.3, 0.4) is 0 Å². The Morgan fingerprint density at radius 2 is 0.915 bits per heavy atom. The first-order chi connectivity index (χ1) is 23.3. The van der Waals surface area contributed by atoms with Crippen molar-refractivity contribution in [1.29, 1.82) is 0 Å². The molecule has 47 heavy (non-hydrogen) atoms. The molecule has 0 N–H and O–H groups in total. The fourth-order valence-corrected chi connectivity index (χ4v) is 8.12. The van der Waals surface area contributed by atoms with Crippen molar-refractivity contribution in [2.45, 2.75) is 0 Å². The molecule has 0 aliphatic rings. The normalized spacial score (nSPS) is 11.8. The maximum atomic E-state index is 5.18. The lowest BCUT2D eigenvalue weighted by molar-refractivity contribution is 1.08. The largest absolute Gasteiger partial charge is 0.208 e. The molecule has 0 bridgehead atoms. The van der Waals surface area contributed by atoms with Crippen LogP contribution >= 0.6 is 11.3 Å². The summed E-state index contributed by atoms with van der Waals surface area (Å²) in [5.41, 5.74) is 2.92. The number of nitrogens with zero attached hydrogens (tertiary/aromatic N) is 3. The molecule has 0 aliphatic carbocycles. The molecule has 4 heteroatoms. The van der Waals surface area contributed by atoms with Crippen LogP contribution in [-0.4, -0.2) is 15.0 Å². The number of aromatic nitrogens is 3. The van der Waals surface area contributed by atoms with Crippen LogP contribution in [0.4, 0.5) is 0 Å². The van der Waals surface area contributed by atoms with E-state index >= 15 is 0 Å². The molecule has 0 radical (unpaired) electrons. The molecule has 10 aromatic rings. The van der Waals surface area contributed by atoms with Crippen LogP contribution in [0.2, 0.25) is 0 Å². The van der Waals surface area contributed by atoms with Gasteiger partial charge in [0.15, 0.2) is 17.5 Å². The highest BCUT2D eigenvalue weighted by Gasteiger charge is 2.17. The van der Waals surface area contributed by atoms with Crippen LogP contribution in [0, 0.1) is 0 Å². The molecule has 0 fully saturated rings. The smallest absolute Gasteiger partial charge is 0.164 e. The predicted molar refractivity (Wildman–Crippen MR) is 199 cm³/mol. The van der Waals surface area contributed by atoms with Gasteiger partial charge >= 0.3 is 0 Å². The van der Waals surface area contributed by atoms with Crippen LogP contribution in [0.25, 0.3) is 97.4 Å². The highest BCUT2D eigenvalue weighted by Crippen LogP contribution is 2.42. The molecular formula is C43H25N3S. The van der Waals surface area contributed by atoms with E-state index < -0.39 is 0 Å². The van der Waals surface area contributed by atoms with Gasteiger partial charge < -0.3 is 0 Å². The molecule has 0 atom stereocenters. The van der Waals surface area contributed by atoms with Gasteiger partial charge in [0.05, 0.1) is 0 Å². The van der Waals surface area contributed by atoms with Gasteiger partial charge in [-0.2, -0.15) is 0 Å². The third-order valence-corrected chi connectivity index (χ3v) is 10.4. The Kier molecular flexibility index (Phi) is 5.74. The first-order valence-corrected chi connectivity index (χ1v) is 16.6. The van der Waals surface area contributed by atoms with Crippen molar-refractivity contribution in [3.8, 4) is 34.2 Å². The molecular weight excluding hydrogens is 591 g/mol. The second-order valence-corrected chi connectivity index (χ2v) is 13.1.